The van der Waals surface area contributed by atoms with Gasteiger partial charge in [0.05, 0.1) is 13.0 Å². The first-order chi connectivity index (χ1) is 9.20. The molecule has 0 aromatic carbocycles. The number of hydrogen-bond donors (Lipinski definition) is 0. The fourth-order valence-electron chi connectivity index (χ4n) is 3.33. The molecule has 0 aromatic rings. The minimum absolute atomic E-state index is 0.117. The largest absolute Gasteiger partial charge is 0.469 e. The van der Waals surface area contributed by atoms with Gasteiger partial charge in [0.15, 0.2) is 0 Å². The van der Waals surface area contributed by atoms with E-state index in [9.17, 15) is 9.59 Å². The van der Waals surface area contributed by atoms with Crippen LogP contribution in [0.4, 0.5) is 0 Å². The molecule has 0 radical (unpaired) electrons. The van der Waals surface area contributed by atoms with Crippen LogP contribution in [0, 0.1) is 11.8 Å². The van der Waals surface area contributed by atoms with E-state index in [-0.39, 0.29) is 17.8 Å². The third kappa shape index (κ3) is 3.95. The maximum absolute atomic E-state index is 12.3. The van der Waals surface area contributed by atoms with Crippen LogP contribution in [0.15, 0.2) is 0 Å². The summed E-state index contributed by atoms with van der Waals surface area (Å²) in [6.45, 7) is 1.36. The second-order valence-corrected chi connectivity index (χ2v) is 5.91. The van der Waals surface area contributed by atoms with Crippen molar-refractivity contribution in [2.75, 3.05) is 20.2 Å². The summed E-state index contributed by atoms with van der Waals surface area (Å²) in [6.07, 6.45) is 8.67. The van der Waals surface area contributed by atoms with Gasteiger partial charge in [0.2, 0.25) is 5.91 Å². The number of carbonyl (C=O) groups is 2. The fourth-order valence-corrected chi connectivity index (χ4v) is 3.33. The summed E-state index contributed by atoms with van der Waals surface area (Å²) in [5.74, 6) is 0.518. The van der Waals surface area contributed by atoms with Crippen LogP contribution in [-0.4, -0.2) is 37.0 Å². The Morgan fingerprint density at radius 2 is 1.84 bits per heavy atom. The van der Waals surface area contributed by atoms with Crippen molar-refractivity contribution in [2.45, 2.75) is 51.4 Å². The maximum Gasteiger partial charge on any atom is 0.310 e. The molecule has 1 saturated heterocycles. The molecular formula is C15H25NO3. The van der Waals surface area contributed by atoms with Gasteiger partial charge in [-0.1, -0.05) is 19.3 Å². The lowest BCUT2D eigenvalue weighted by molar-refractivity contribution is -0.149. The lowest BCUT2D eigenvalue weighted by Crippen LogP contribution is -2.43. The molecule has 2 rings (SSSR count). The first-order valence-corrected chi connectivity index (χ1v) is 7.56. The maximum atomic E-state index is 12.3. The Kier molecular flexibility index (Phi) is 5.23. The minimum atomic E-state index is -0.171. The Morgan fingerprint density at radius 1 is 1.11 bits per heavy atom. The zero-order chi connectivity index (χ0) is 13.7. The topological polar surface area (TPSA) is 46.6 Å². The third-order valence-corrected chi connectivity index (χ3v) is 4.50. The number of hydrogen-bond acceptors (Lipinski definition) is 3. The number of methoxy groups -OCH3 is 1. The van der Waals surface area contributed by atoms with Crippen LogP contribution in [0.1, 0.15) is 51.4 Å². The average Bonchev–Trinajstić information content (AvgIpc) is 2.47. The van der Waals surface area contributed by atoms with Crippen molar-refractivity contribution in [3.05, 3.63) is 0 Å². The quantitative estimate of drug-likeness (QED) is 0.737. The number of amides is 1. The molecule has 1 aliphatic heterocycles. The number of carbonyl (C=O) groups excluding carboxylic acids is 2. The molecule has 2 aliphatic rings. The van der Waals surface area contributed by atoms with Crippen molar-refractivity contribution in [2.24, 2.45) is 11.8 Å². The lowest BCUT2D eigenvalue weighted by atomic mass is 9.86. The number of esters is 1. The Morgan fingerprint density at radius 3 is 2.53 bits per heavy atom. The van der Waals surface area contributed by atoms with E-state index in [1.807, 2.05) is 4.90 Å². The van der Waals surface area contributed by atoms with E-state index in [4.69, 9.17) is 4.74 Å². The van der Waals surface area contributed by atoms with Crippen LogP contribution in [0.25, 0.3) is 0 Å². The molecule has 108 valence electrons. The predicted molar refractivity (Wildman–Crippen MR) is 72.5 cm³/mol. The first kappa shape index (κ1) is 14.4. The molecule has 1 atom stereocenters. The van der Waals surface area contributed by atoms with Crippen LogP contribution >= 0.6 is 0 Å². The van der Waals surface area contributed by atoms with E-state index in [1.54, 1.807) is 0 Å². The highest BCUT2D eigenvalue weighted by Crippen LogP contribution is 2.28. The molecule has 19 heavy (non-hydrogen) atoms. The Bertz CT molecular complexity index is 323. The standard InChI is InChI=1S/C15H25NO3/c1-19-15(18)13-8-5-9-16(11-13)14(17)10-12-6-3-2-4-7-12/h12-13H,2-11H2,1H3/t13-/m0/s1. The van der Waals surface area contributed by atoms with Crippen LogP contribution < -0.4 is 0 Å². The fraction of sp³-hybridized carbons (Fsp3) is 0.867. The van der Waals surface area contributed by atoms with Crippen LogP contribution in [0.5, 0.6) is 0 Å². The summed E-state index contributed by atoms with van der Waals surface area (Å²) < 4.78 is 4.79. The first-order valence-electron chi connectivity index (χ1n) is 7.56. The summed E-state index contributed by atoms with van der Waals surface area (Å²) in [7, 11) is 1.42. The molecule has 1 amide bonds. The minimum Gasteiger partial charge on any atom is -0.469 e. The summed E-state index contributed by atoms with van der Waals surface area (Å²) in [5.41, 5.74) is 0. The van der Waals surface area contributed by atoms with Gasteiger partial charge in [-0.2, -0.15) is 0 Å². The van der Waals surface area contributed by atoms with Crippen molar-refractivity contribution in [1.29, 1.82) is 0 Å². The number of rotatable bonds is 3. The van der Waals surface area contributed by atoms with Crippen molar-refractivity contribution >= 4 is 11.9 Å². The molecule has 1 saturated carbocycles. The van der Waals surface area contributed by atoms with Crippen molar-refractivity contribution in [3.8, 4) is 0 Å². The van der Waals surface area contributed by atoms with E-state index < -0.39 is 0 Å². The zero-order valence-corrected chi connectivity index (χ0v) is 11.9. The zero-order valence-electron chi connectivity index (χ0n) is 11.9. The Labute approximate surface area is 115 Å². The molecular weight excluding hydrogens is 242 g/mol. The number of likely N-dealkylation sites (tertiary alicyclic amines) is 1. The van der Waals surface area contributed by atoms with Crippen LogP contribution in [0.2, 0.25) is 0 Å². The summed E-state index contributed by atoms with van der Waals surface area (Å²) in [4.78, 5) is 25.7. The van der Waals surface area contributed by atoms with Gasteiger partial charge in [-0.25, -0.2) is 0 Å². The smallest absolute Gasteiger partial charge is 0.310 e. The summed E-state index contributed by atoms with van der Waals surface area (Å²) in [5, 5.41) is 0. The third-order valence-electron chi connectivity index (χ3n) is 4.50. The molecule has 0 spiro atoms. The summed E-state index contributed by atoms with van der Waals surface area (Å²) in [6, 6.07) is 0. The highest BCUT2D eigenvalue weighted by molar-refractivity contribution is 5.78. The number of nitrogens with zero attached hydrogens (tertiary/aromatic N) is 1. The molecule has 0 N–H and O–H groups in total. The average molecular weight is 267 g/mol. The predicted octanol–water partition coefficient (Wildman–Crippen LogP) is 2.37. The molecule has 0 aromatic heterocycles. The highest BCUT2D eigenvalue weighted by Gasteiger charge is 2.30. The van der Waals surface area contributed by atoms with E-state index in [1.165, 1.54) is 39.2 Å². The van der Waals surface area contributed by atoms with Crippen molar-refractivity contribution in [1.82, 2.24) is 4.90 Å². The van der Waals surface area contributed by atoms with Crippen LogP contribution in [-0.2, 0) is 14.3 Å². The van der Waals surface area contributed by atoms with Gasteiger partial charge in [0.25, 0.3) is 0 Å². The second kappa shape index (κ2) is 6.92. The molecule has 1 aliphatic carbocycles. The van der Waals surface area contributed by atoms with E-state index in [0.717, 1.165) is 19.4 Å². The summed E-state index contributed by atoms with van der Waals surface area (Å²) >= 11 is 0. The van der Waals surface area contributed by atoms with Gasteiger partial charge in [0.1, 0.15) is 0 Å². The number of ether oxygens (including phenoxy) is 1. The van der Waals surface area contributed by atoms with Gasteiger partial charge in [-0.3, -0.25) is 9.59 Å². The lowest BCUT2D eigenvalue weighted by Gasteiger charge is -2.33. The van der Waals surface area contributed by atoms with Crippen molar-refractivity contribution in [3.63, 3.8) is 0 Å². The SMILES string of the molecule is COC(=O)[C@H]1CCCN(C(=O)CC2CCCCC2)C1. The van der Waals surface area contributed by atoms with Gasteiger partial charge in [-0.05, 0) is 31.6 Å². The molecule has 4 nitrogen and oxygen atoms in total. The second-order valence-electron chi connectivity index (χ2n) is 5.91. The Balaban J connectivity index is 1.82. The molecule has 2 fully saturated rings. The van der Waals surface area contributed by atoms with E-state index >= 15 is 0 Å². The Hall–Kier alpha value is -1.06. The van der Waals surface area contributed by atoms with Gasteiger partial charge < -0.3 is 9.64 Å². The molecule has 0 bridgehead atoms. The van der Waals surface area contributed by atoms with Gasteiger partial charge >= 0.3 is 5.97 Å². The molecule has 4 heteroatoms. The molecule has 1 heterocycles. The van der Waals surface area contributed by atoms with Crippen LogP contribution in [0.3, 0.4) is 0 Å². The van der Waals surface area contributed by atoms with E-state index in [2.05, 4.69) is 0 Å². The number of piperidine rings is 1. The van der Waals surface area contributed by atoms with Gasteiger partial charge in [-0.15, -0.1) is 0 Å². The normalized spacial score (nSPS) is 25.1. The van der Waals surface area contributed by atoms with E-state index in [0.29, 0.717) is 18.9 Å². The van der Waals surface area contributed by atoms with Gasteiger partial charge in [0, 0.05) is 19.5 Å². The molecule has 0 unspecified atom stereocenters. The van der Waals surface area contributed by atoms with Crippen molar-refractivity contribution < 1.29 is 14.3 Å². The highest BCUT2D eigenvalue weighted by atomic mass is 16.5. The monoisotopic (exact) mass is 267 g/mol.